The maximum Gasteiger partial charge on any atom is 0.337 e. The third kappa shape index (κ3) is 3.89. The lowest BCUT2D eigenvalue weighted by Crippen LogP contribution is -2.04. The van der Waals surface area contributed by atoms with Crippen molar-refractivity contribution in [3.8, 4) is 0 Å². The zero-order valence-electron chi connectivity index (χ0n) is 11.0. The van der Waals surface area contributed by atoms with Gasteiger partial charge in [-0.25, -0.2) is 14.8 Å². The summed E-state index contributed by atoms with van der Waals surface area (Å²) in [4.78, 5) is 19.8. The van der Waals surface area contributed by atoms with Gasteiger partial charge < -0.3 is 10.1 Å². The van der Waals surface area contributed by atoms with Crippen LogP contribution in [0.2, 0.25) is 0 Å². The second kappa shape index (κ2) is 7.18. The van der Waals surface area contributed by atoms with Crippen molar-refractivity contribution < 1.29 is 9.53 Å². The van der Waals surface area contributed by atoms with Gasteiger partial charge in [0.1, 0.15) is 11.6 Å². The van der Waals surface area contributed by atoms with Gasteiger partial charge >= 0.3 is 5.97 Å². The van der Waals surface area contributed by atoms with E-state index >= 15 is 0 Å². The Labute approximate surface area is 130 Å². The van der Waals surface area contributed by atoms with Crippen molar-refractivity contribution in [1.29, 1.82) is 0 Å². The number of halogens is 1. The molecular weight excluding hydrogens is 369 g/mol. The molecule has 1 aromatic heterocycles. The predicted octanol–water partition coefficient (Wildman–Crippen LogP) is 2.81. The zero-order chi connectivity index (χ0) is 14.4. The van der Waals surface area contributed by atoms with Gasteiger partial charge in [0.2, 0.25) is 0 Å². The van der Waals surface area contributed by atoms with Crippen molar-refractivity contribution in [3.63, 3.8) is 0 Å². The molecule has 0 amide bonds. The smallest absolute Gasteiger partial charge is 0.337 e. The summed E-state index contributed by atoms with van der Waals surface area (Å²) in [6.45, 7) is 0.638. The van der Waals surface area contributed by atoms with Gasteiger partial charge in [-0.2, -0.15) is 0 Å². The molecule has 0 atom stereocenters. The molecule has 2 rings (SSSR count). The maximum atomic E-state index is 11.3. The molecular formula is C14H14IN3O2. The highest BCUT2D eigenvalue weighted by Crippen LogP contribution is 2.09. The number of hydrogen-bond donors (Lipinski definition) is 1. The molecule has 0 saturated heterocycles. The number of rotatable bonds is 5. The predicted molar refractivity (Wildman–Crippen MR) is 84.9 cm³/mol. The quantitative estimate of drug-likeness (QED) is 0.489. The van der Waals surface area contributed by atoms with Crippen molar-refractivity contribution >= 4 is 34.4 Å². The zero-order valence-corrected chi connectivity index (χ0v) is 13.1. The van der Waals surface area contributed by atoms with Gasteiger partial charge in [0.05, 0.1) is 17.1 Å². The first-order valence-electron chi connectivity index (χ1n) is 6.02. The second-order valence-corrected chi connectivity index (χ2v) is 4.80. The number of benzene rings is 1. The summed E-state index contributed by atoms with van der Waals surface area (Å²) in [5.41, 5.74) is 1.61. The number of carbonyl (C=O) groups is 1. The molecule has 0 spiro atoms. The Hall–Kier alpha value is -1.70. The summed E-state index contributed by atoms with van der Waals surface area (Å²) >= 11 is 2.23. The van der Waals surface area contributed by atoms with Crippen LogP contribution in [0, 0.1) is 0 Å². The summed E-state index contributed by atoms with van der Waals surface area (Å²) in [5, 5.41) is 3.23. The van der Waals surface area contributed by atoms with Crippen molar-refractivity contribution in [2.45, 2.75) is 11.0 Å². The lowest BCUT2D eigenvalue weighted by Gasteiger charge is -2.07. The highest BCUT2D eigenvalue weighted by Gasteiger charge is 2.04. The van der Waals surface area contributed by atoms with E-state index in [4.69, 9.17) is 0 Å². The molecule has 0 unspecified atom stereocenters. The van der Waals surface area contributed by atoms with Gasteiger partial charge in [0.15, 0.2) is 0 Å². The van der Waals surface area contributed by atoms with Gasteiger partial charge in [-0.05, 0) is 23.8 Å². The fourth-order valence-corrected chi connectivity index (χ4v) is 2.00. The third-order valence-corrected chi connectivity index (χ3v) is 3.36. The van der Waals surface area contributed by atoms with E-state index < -0.39 is 0 Å². The van der Waals surface area contributed by atoms with E-state index in [1.807, 2.05) is 18.2 Å². The lowest BCUT2D eigenvalue weighted by atomic mass is 10.1. The number of hydrogen-bond acceptors (Lipinski definition) is 5. The van der Waals surface area contributed by atoms with Crippen LogP contribution >= 0.6 is 22.6 Å². The Morgan fingerprint density at radius 1 is 1.30 bits per heavy atom. The Bertz CT molecular complexity index is 587. The van der Waals surface area contributed by atoms with E-state index in [2.05, 4.69) is 42.6 Å². The Morgan fingerprint density at radius 3 is 2.70 bits per heavy atom. The number of esters is 1. The highest BCUT2D eigenvalue weighted by molar-refractivity contribution is 14.1. The summed E-state index contributed by atoms with van der Waals surface area (Å²) in [6.07, 6.45) is 1.74. The van der Waals surface area contributed by atoms with Crippen molar-refractivity contribution in [1.82, 2.24) is 9.97 Å². The van der Waals surface area contributed by atoms with Gasteiger partial charge in [-0.1, -0.05) is 34.7 Å². The minimum Gasteiger partial charge on any atom is -0.465 e. The minimum absolute atomic E-state index is 0.327. The molecule has 104 valence electrons. The largest absolute Gasteiger partial charge is 0.465 e. The SMILES string of the molecule is COC(=O)c1ccc(CNc2ccnc(CI)n2)cc1. The van der Waals surface area contributed by atoms with Crippen molar-refractivity contribution in [2.24, 2.45) is 0 Å². The molecule has 1 heterocycles. The van der Waals surface area contributed by atoms with E-state index in [9.17, 15) is 4.79 Å². The third-order valence-electron chi connectivity index (χ3n) is 2.67. The normalized spacial score (nSPS) is 10.1. The number of alkyl halides is 1. The fraction of sp³-hybridized carbons (Fsp3) is 0.214. The van der Waals surface area contributed by atoms with Crippen molar-refractivity contribution in [2.75, 3.05) is 12.4 Å². The Balaban J connectivity index is 1.98. The molecule has 2 aromatic rings. The van der Waals surface area contributed by atoms with Crippen LogP contribution in [0.5, 0.6) is 0 Å². The molecule has 0 fully saturated rings. The molecule has 1 aromatic carbocycles. The molecule has 0 aliphatic carbocycles. The topological polar surface area (TPSA) is 64.1 Å². The fourth-order valence-electron chi connectivity index (χ4n) is 1.63. The summed E-state index contributed by atoms with van der Waals surface area (Å²) < 4.78 is 5.44. The van der Waals surface area contributed by atoms with Gasteiger partial charge in [0.25, 0.3) is 0 Å². The van der Waals surface area contributed by atoms with Crippen LogP contribution in [0.4, 0.5) is 5.82 Å². The number of ether oxygens (including phenoxy) is 1. The first-order chi connectivity index (χ1) is 9.72. The number of methoxy groups -OCH3 is 1. The average molecular weight is 383 g/mol. The summed E-state index contributed by atoms with van der Waals surface area (Å²) in [5.74, 6) is 1.27. The molecule has 0 saturated carbocycles. The molecule has 0 aliphatic rings. The summed E-state index contributed by atoms with van der Waals surface area (Å²) in [6, 6.07) is 9.11. The molecule has 0 bridgehead atoms. The molecule has 5 nitrogen and oxygen atoms in total. The van der Waals surface area contributed by atoms with Gasteiger partial charge in [-0.3, -0.25) is 0 Å². The van der Waals surface area contributed by atoms with E-state index in [-0.39, 0.29) is 5.97 Å². The first kappa shape index (κ1) is 14.7. The minimum atomic E-state index is -0.327. The van der Waals surface area contributed by atoms with Crippen LogP contribution in [-0.4, -0.2) is 23.0 Å². The van der Waals surface area contributed by atoms with Crippen LogP contribution in [0.3, 0.4) is 0 Å². The Morgan fingerprint density at radius 2 is 2.05 bits per heavy atom. The van der Waals surface area contributed by atoms with Crippen molar-refractivity contribution in [3.05, 3.63) is 53.5 Å². The van der Waals surface area contributed by atoms with Crippen LogP contribution in [0.1, 0.15) is 21.7 Å². The molecule has 0 aliphatic heterocycles. The molecule has 0 radical (unpaired) electrons. The monoisotopic (exact) mass is 383 g/mol. The number of nitrogens with zero attached hydrogens (tertiary/aromatic N) is 2. The first-order valence-corrected chi connectivity index (χ1v) is 7.54. The van der Waals surface area contributed by atoms with E-state index in [0.29, 0.717) is 12.1 Å². The number of aromatic nitrogens is 2. The average Bonchev–Trinajstić information content (AvgIpc) is 2.53. The number of anilines is 1. The van der Waals surface area contributed by atoms with E-state index in [0.717, 1.165) is 21.6 Å². The molecule has 20 heavy (non-hydrogen) atoms. The van der Waals surface area contributed by atoms with Crippen LogP contribution < -0.4 is 5.32 Å². The molecule has 6 heteroatoms. The van der Waals surface area contributed by atoms with Crippen LogP contribution in [0.15, 0.2) is 36.5 Å². The number of carbonyl (C=O) groups excluding carboxylic acids is 1. The summed E-state index contributed by atoms with van der Waals surface area (Å²) in [7, 11) is 1.37. The Kier molecular flexibility index (Phi) is 5.28. The van der Waals surface area contributed by atoms with E-state index in [1.165, 1.54) is 7.11 Å². The van der Waals surface area contributed by atoms with Crippen LogP contribution in [-0.2, 0) is 15.7 Å². The standard InChI is InChI=1S/C14H14IN3O2/c1-20-14(19)11-4-2-10(3-5-11)9-17-12-6-7-16-13(8-15)18-12/h2-7H,8-9H2,1H3,(H,16,17,18). The van der Waals surface area contributed by atoms with Gasteiger partial charge in [0, 0.05) is 12.7 Å². The number of nitrogens with one attached hydrogen (secondary N) is 1. The van der Waals surface area contributed by atoms with Crippen LogP contribution in [0.25, 0.3) is 0 Å². The van der Waals surface area contributed by atoms with Gasteiger partial charge in [-0.15, -0.1) is 0 Å². The van der Waals surface area contributed by atoms with E-state index in [1.54, 1.807) is 18.3 Å². The maximum absolute atomic E-state index is 11.3. The second-order valence-electron chi connectivity index (χ2n) is 4.03. The lowest BCUT2D eigenvalue weighted by molar-refractivity contribution is 0.0600. The highest BCUT2D eigenvalue weighted by atomic mass is 127. The molecule has 1 N–H and O–H groups in total.